The Bertz CT molecular complexity index is 271. The van der Waals surface area contributed by atoms with E-state index in [0.717, 1.165) is 19.6 Å². The summed E-state index contributed by atoms with van der Waals surface area (Å²) in [5.41, 5.74) is 1.32. The lowest BCUT2D eigenvalue weighted by atomic mass is 10.2. The van der Waals surface area contributed by atoms with Gasteiger partial charge in [0.05, 0.1) is 6.61 Å². The van der Waals surface area contributed by atoms with E-state index in [1.165, 1.54) is 10.0 Å². The van der Waals surface area contributed by atoms with E-state index in [9.17, 15) is 0 Å². The molecular formula is C12H17BrO. The van der Waals surface area contributed by atoms with E-state index in [0.29, 0.717) is 5.92 Å². The fourth-order valence-corrected chi connectivity index (χ4v) is 1.69. The van der Waals surface area contributed by atoms with Gasteiger partial charge in [-0.05, 0) is 24.0 Å². The molecule has 0 bridgehead atoms. The first kappa shape index (κ1) is 11.7. The Hall–Kier alpha value is -0.340. The molecular weight excluding hydrogens is 240 g/mol. The van der Waals surface area contributed by atoms with Crippen molar-refractivity contribution in [3.63, 3.8) is 0 Å². The van der Waals surface area contributed by atoms with E-state index in [-0.39, 0.29) is 0 Å². The minimum atomic E-state index is 0.620. The molecule has 0 unspecified atom stereocenters. The molecule has 0 spiro atoms. The number of hydrogen-bond donors (Lipinski definition) is 0. The van der Waals surface area contributed by atoms with Crippen molar-refractivity contribution in [3.05, 3.63) is 34.3 Å². The minimum Gasteiger partial charge on any atom is -0.381 e. The normalized spacial score (nSPS) is 10.9. The lowest BCUT2D eigenvalue weighted by Gasteiger charge is -2.07. The van der Waals surface area contributed by atoms with Crippen molar-refractivity contribution in [2.45, 2.75) is 20.3 Å². The quantitative estimate of drug-likeness (QED) is 0.731. The van der Waals surface area contributed by atoms with Crippen LogP contribution in [-0.2, 0) is 11.2 Å². The molecule has 0 atom stereocenters. The average Bonchev–Trinajstić information content (AvgIpc) is 2.15. The first-order chi connectivity index (χ1) is 6.70. The fourth-order valence-electron chi connectivity index (χ4n) is 1.20. The molecule has 14 heavy (non-hydrogen) atoms. The first-order valence-electron chi connectivity index (χ1n) is 5.01. The van der Waals surface area contributed by atoms with E-state index in [2.05, 4.69) is 48.0 Å². The predicted octanol–water partition coefficient (Wildman–Crippen LogP) is 3.66. The van der Waals surface area contributed by atoms with Crippen LogP contribution in [0.1, 0.15) is 19.4 Å². The highest BCUT2D eigenvalue weighted by molar-refractivity contribution is 9.10. The monoisotopic (exact) mass is 256 g/mol. The van der Waals surface area contributed by atoms with Gasteiger partial charge in [-0.15, -0.1) is 0 Å². The Labute approximate surface area is 94.6 Å². The molecule has 0 radical (unpaired) electrons. The molecule has 0 saturated heterocycles. The second-order valence-electron chi connectivity index (χ2n) is 3.81. The number of halogens is 1. The topological polar surface area (TPSA) is 9.23 Å². The molecule has 0 fully saturated rings. The van der Waals surface area contributed by atoms with Crippen molar-refractivity contribution >= 4 is 15.9 Å². The predicted molar refractivity (Wildman–Crippen MR) is 63.5 cm³/mol. The van der Waals surface area contributed by atoms with Crippen molar-refractivity contribution in [3.8, 4) is 0 Å². The van der Waals surface area contributed by atoms with Gasteiger partial charge >= 0.3 is 0 Å². The van der Waals surface area contributed by atoms with Crippen LogP contribution in [0.3, 0.4) is 0 Å². The van der Waals surface area contributed by atoms with Gasteiger partial charge in [0.2, 0.25) is 0 Å². The van der Waals surface area contributed by atoms with Crippen molar-refractivity contribution in [2.24, 2.45) is 5.92 Å². The van der Waals surface area contributed by atoms with Gasteiger partial charge in [0.25, 0.3) is 0 Å². The molecule has 0 saturated carbocycles. The van der Waals surface area contributed by atoms with Crippen LogP contribution < -0.4 is 0 Å². The summed E-state index contributed by atoms with van der Waals surface area (Å²) < 4.78 is 6.71. The number of hydrogen-bond acceptors (Lipinski definition) is 1. The average molecular weight is 257 g/mol. The fraction of sp³-hybridized carbons (Fsp3) is 0.500. The van der Waals surface area contributed by atoms with Crippen LogP contribution >= 0.6 is 15.9 Å². The highest BCUT2D eigenvalue weighted by atomic mass is 79.9. The van der Waals surface area contributed by atoms with Gasteiger partial charge < -0.3 is 4.74 Å². The third kappa shape index (κ3) is 4.25. The SMILES string of the molecule is CC(C)COCCc1ccccc1Br. The highest BCUT2D eigenvalue weighted by Crippen LogP contribution is 2.16. The number of benzene rings is 1. The van der Waals surface area contributed by atoms with Gasteiger partial charge in [-0.2, -0.15) is 0 Å². The highest BCUT2D eigenvalue weighted by Gasteiger charge is 1.98. The van der Waals surface area contributed by atoms with Crippen LogP contribution in [0.5, 0.6) is 0 Å². The summed E-state index contributed by atoms with van der Waals surface area (Å²) in [4.78, 5) is 0. The maximum Gasteiger partial charge on any atom is 0.0506 e. The summed E-state index contributed by atoms with van der Waals surface area (Å²) in [5, 5.41) is 0. The second-order valence-corrected chi connectivity index (χ2v) is 4.66. The van der Waals surface area contributed by atoms with Crippen molar-refractivity contribution in [2.75, 3.05) is 13.2 Å². The molecule has 2 heteroatoms. The van der Waals surface area contributed by atoms with Crippen molar-refractivity contribution in [1.82, 2.24) is 0 Å². The molecule has 1 rings (SSSR count). The van der Waals surface area contributed by atoms with Crippen LogP contribution in [-0.4, -0.2) is 13.2 Å². The first-order valence-corrected chi connectivity index (χ1v) is 5.80. The zero-order chi connectivity index (χ0) is 10.4. The van der Waals surface area contributed by atoms with Crippen LogP contribution in [0.25, 0.3) is 0 Å². The molecule has 1 nitrogen and oxygen atoms in total. The summed E-state index contributed by atoms with van der Waals surface area (Å²) in [6, 6.07) is 8.28. The van der Waals surface area contributed by atoms with Gasteiger partial charge in [0.15, 0.2) is 0 Å². The Morgan fingerprint density at radius 3 is 2.64 bits per heavy atom. The van der Waals surface area contributed by atoms with E-state index in [1.54, 1.807) is 0 Å². The Balaban J connectivity index is 2.28. The zero-order valence-corrected chi connectivity index (χ0v) is 10.4. The maximum atomic E-state index is 5.53. The van der Waals surface area contributed by atoms with Crippen molar-refractivity contribution < 1.29 is 4.74 Å². The van der Waals surface area contributed by atoms with Gasteiger partial charge in [-0.3, -0.25) is 0 Å². The molecule has 0 N–H and O–H groups in total. The molecule has 1 aromatic rings. The van der Waals surface area contributed by atoms with Gasteiger partial charge in [0.1, 0.15) is 0 Å². The molecule has 0 aliphatic heterocycles. The van der Waals surface area contributed by atoms with E-state index in [1.807, 2.05) is 6.07 Å². The largest absolute Gasteiger partial charge is 0.381 e. The minimum absolute atomic E-state index is 0.620. The van der Waals surface area contributed by atoms with Crippen LogP contribution in [0.2, 0.25) is 0 Å². The molecule has 0 amide bonds. The van der Waals surface area contributed by atoms with Crippen LogP contribution in [0.15, 0.2) is 28.7 Å². The molecule has 0 aromatic heterocycles. The standard InChI is InChI=1S/C12H17BrO/c1-10(2)9-14-8-7-11-5-3-4-6-12(11)13/h3-6,10H,7-9H2,1-2H3. The summed E-state index contributed by atoms with van der Waals surface area (Å²) in [7, 11) is 0. The summed E-state index contributed by atoms with van der Waals surface area (Å²) in [5.74, 6) is 0.620. The molecule has 1 aromatic carbocycles. The Morgan fingerprint density at radius 2 is 2.00 bits per heavy atom. The van der Waals surface area contributed by atoms with E-state index in [4.69, 9.17) is 4.74 Å². The Kier molecular flexibility index (Phi) is 5.20. The van der Waals surface area contributed by atoms with Gasteiger partial charge in [-0.25, -0.2) is 0 Å². The van der Waals surface area contributed by atoms with E-state index >= 15 is 0 Å². The third-order valence-electron chi connectivity index (χ3n) is 1.92. The van der Waals surface area contributed by atoms with E-state index < -0.39 is 0 Å². The lowest BCUT2D eigenvalue weighted by Crippen LogP contribution is -2.05. The molecule has 0 heterocycles. The number of ether oxygens (including phenoxy) is 1. The smallest absolute Gasteiger partial charge is 0.0506 e. The van der Waals surface area contributed by atoms with Crippen LogP contribution in [0.4, 0.5) is 0 Å². The summed E-state index contributed by atoms with van der Waals surface area (Å²) in [6.07, 6.45) is 0.980. The van der Waals surface area contributed by atoms with Gasteiger partial charge in [-0.1, -0.05) is 48.0 Å². The van der Waals surface area contributed by atoms with Crippen LogP contribution in [0, 0.1) is 5.92 Å². The molecule has 0 aliphatic carbocycles. The van der Waals surface area contributed by atoms with Gasteiger partial charge in [0, 0.05) is 11.1 Å². The third-order valence-corrected chi connectivity index (χ3v) is 2.70. The zero-order valence-electron chi connectivity index (χ0n) is 8.79. The second kappa shape index (κ2) is 6.20. The molecule has 0 aliphatic rings. The lowest BCUT2D eigenvalue weighted by molar-refractivity contribution is 0.112. The Morgan fingerprint density at radius 1 is 1.29 bits per heavy atom. The maximum absolute atomic E-state index is 5.53. The number of rotatable bonds is 5. The summed E-state index contributed by atoms with van der Waals surface area (Å²) in [6.45, 7) is 5.99. The summed E-state index contributed by atoms with van der Waals surface area (Å²) >= 11 is 3.52. The molecule has 78 valence electrons. The van der Waals surface area contributed by atoms with Crippen molar-refractivity contribution in [1.29, 1.82) is 0 Å².